The fraction of sp³-hybridized carbons (Fsp3) is 0.441. The lowest BCUT2D eigenvalue weighted by Gasteiger charge is -2.36. The largest absolute Gasteiger partial charge is 0.450 e. The number of carbonyl (C=O) groups excluding carboxylic acids is 3. The van der Waals surface area contributed by atoms with Crippen molar-refractivity contribution in [2.45, 2.75) is 71.1 Å². The van der Waals surface area contributed by atoms with Gasteiger partial charge in [0, 0.05) is 44.2 Å². The molecule has 0 radical (unpaired) electrons. The van der Waals surface area contributed by atoms with Crippen molar-refractivity contribution in [3.05, 3.63) is 82.2 Å². The Balaban J connectivity index is 1.60. The molecule has 2 amide bonds. The summed E-state index contributed by atoms with van der Waals surface area (Å²) in [6.45, 7) is 9.27. The number of hydrogen-bond acceptors (Lipinski definition) is 7. The van der Waals surface area contributed by atoms with Crippen molar-refractivity contribution in [2.24, 2.45) is 13.0 Å². The lowest BCUT2D eigenvalue weighted by atomic mass is 9.75. The summed E-state index contributed by atoms with van der Waals surface area (Å²) < 4.78 is 12.7. The summed E-state index contributed by atoms with van der Waals surface area (Å²) in [5.74, 6) is -0.918. The molecule has 1 N–H and O–H groups in total. The second kappa shape index (κ2) is 13.0. The van der Waals surface area contributed by atoms with Gasteiger partial charge in [-0.25, -0.2) is 9.78 Å². The van der Waals surface area contributed by atoms with Gasteiger partial charge in [0.25, 0.3) is 5.91 Å². The predicted octanol–water partition coefficient (Wildman–Crippen LogP) is 5.91. The molecule has 0 unspecified atom stereocenters. The number of pyridine rings is 1. The molecule has 1 fully saturated rings. The Hall–Kier alpha value is -4.18. The predicted molar refractivity (Wildman–Crippen MR) is 171 cm³/mol. The average Bonchev–Trinajstić information content (AvgIpc) is 3.34. The molecular formula is C34H40ClN5O5. The van der Waals surface area contributed by atoms with Crippen molar-refractivity contribution in [2.75, 3.05) is 13.1 Å². The van der Waals surface area contributed by atoms with Crippen LogP contribution in [0.1, 0.15) is 87.5 Å². The van der Waals surface area contributed by atoms with Gasteiger partial charge in [0.2, 0.25) is 0 Å². The van der Waals surface area contributed by atoms with Crippen molar-refractivity contribution in [1.29, 1.82) is 0 Å². The molecule has 5 rings (SSSR count). The van der Waals surface area contributed by atoms with E-state index in [1.807, 2.05) is 55.8 Å². The molecule has 45 heavy (non-hydrogen) atoms. The second-order valence-corrected chi connectivity index (χ2v) is 12.9. The van der Waals surface area contributed by atoms with E-state index in [9.17, 15) is 14.4 Å². The van der Waals surface area contributed by atoms with Crippen LogP contribution in [-0.2, 0) is 26.1 Å². The van der Waals surface area contributed by atoms with Gasteiger partial charge in [-0.1, -0.05) is 23.7 Å². The lowest BCUT2D eigenvalue weighted by molar-refractivity contribution is -0.163. The van der Waals surface area contributed by atoms with E-state index in [2.05, 4.69) is 16.4 Å². The van der Waals surface area contributed by atoms with E-state index in [0.717, 1.165) is 46.5 Å². The summed E-state index contributed by atoms with van der Waals surface area (Å²) in [6.07, 6.45) is 8.33. The summed E-state index contributed by atoms with van der Waals surface area (Å²) in [4.78, 5) is 49.2. The molecule has 0 spiro atoms. The summed E-state index contributed by atoms with van der Waals surface area (Å²) in [5, 5.41) is 3.71. The van der Waals surface area contributed by atoms with Crippen LogP contribution in [0.15, 0.2) is 49.1 Å². The lowest BCUT2D eigenvalue weighted by Crippen LogP contribution is -2.47. The number of halogens is 1. The Labute approximate surface area is 268 Å². The number of likely N-dealkylation sites (tertiary alicyclic amines) is 1. The minimum atomic E-state index is -1.42. The molecule has 11 heteroatoms. The maximum Gasteiger partial charge on any atom is 0.410 e. The summed E-state index contributed by atoms with van der Waals surface area (Å²) in [7, 11) is 1.87. The standard InChI is InChI=1S/C34H40ClN5O5/c1-20(2)44-33(43)40-14-11-22(12-15-40)29-25-10-9-24(35)17-26(25)27(16-23-8-7-13-37-30(23)29)31(28-18-36-19-39(28)6)38-32(42)34(4,5)45-21(3)41/h7-10,13,16-20,22,29,31H,11-12,14-15H2,1-6H3,(H,38,42)/t29-,31+/m0/s1. The van der Waals surface area contributed by atoms with Crippen molar-refractivity contribution < 1.29 is 23.9 Å². The molecule has 1 saturated heterocycles. The van der Waals surface area contributed by atoms with Crippen molar-refractivity contribution in [3.63, 3.8) is 0 Å². The van der Waals surface area contributed by atoms with Crippen molar-refractivity contribution >= 4 is 41.2 Å². The van der Waals surface area contributed by atoms with Crippen LogP contribution in [0.3, 0.4) is 0 Å². The summed E-state index contributed by atoms with van der Waals surface area (Å²) >= 11 is 6.67. The number of fused-ring (bicyclic) bond motifs is 2. The minimum absolute atomic E-state index is 0.0918. The molecule has 2 aromatic heterocycles. The third kappa shape index (κ3) is 6.91. The van der Waals surface area contributed by atoms with Crippen LogP contribution >= 0.6 is 11.6 Å². The molecule has 238 valence electrons. The summed E-state index contributed by atoms with van der Waals surface area (Å²) in [6, 6.07) is 9.13. The van der Waals surface area contributed by atoms with Crippen LogP contribution in [-0.4, -0.2) is 62.2 Å². The number of aromatic nitrogens is 3. The smallest absolute Gasteiger partial charge is 0.410 e. The third-order valence-electron chi connectivity index (χ3n) is 8.43. The van der Waals surface area contributed by atoms with E-state index >= 15 is 0 Å². The number of rotatable bonds is 7. The monoisotopic (exact) mass is 633 g/mol. The van der Waals surface area contributed by atoms with E-state index in [1.54, 1.807) is 37.5 Å². The molecule has 0 bridgehead atoms. The van der Waals surface area contributed by atoms with Crippen molar-refractivity contribution in [1.82, 2.24) is 24.8 Å². The number of aryl methyl sites for hydroxylation is 1. The van der Waals surface area contributed by atoms with Gasteiger partial charge in [0.15, 0.2) is 5.60 Å². The number of piperidine rings is 1. The quantitative estimate of drug-likeness (QED) is 0.322. The maximum absolute atomic E-state index is 13.7. The summed E-state index contributed by atoms with van der Waals surface area (Å²) in [5.41, 5.74) is 3.88. The topological polar surface area (TPSA) is 116 Å². The van der Waals surface area contributed by atoms with Gasteiger partial charge in [-0.3, -0.25) is 14.6 Å². The highest BCUT2D eigenvalue weighted by atomic mass is 35.5. The first-order chi connectivity index (χ1) is 21.4. The number of amides is 2. The molecule has 1 aliphatic carbocycles. The van der Waals surface area contributed by atoms with E-state index < -0.39 is 23.5 Å². The Kier molecular flexibility index (Phi) is 9.34. The Morgan fingerprint density at radius 1 is 1.13 bits per heavy atom. The number of imidazole rings is 1. The fourth-order valence-electron chi connectivity index (χ4n) is 6.33. The highest BCUT2D eigenvalue weighted by Crippen LogP contribution is 2.47. The number of benzene rings is 1. The number of nitrogens with zero attached hydrogens (tertiary/aromatic N) is 4. The van der Waals surface area contributed by atoms with Gasteiger partial charge in [0.05, 0.1) is 36.1 Å². The molecule has 3 aromatic rings. The van der Waals surface area contributed by atoms with E-state index in [4.69, 9.17) is 26.1 Å². The van der Waals surface area contributed by atoms with Crippen LogP contribution in [0.5, 0.6) is 0 Å². The molecule has 10 nitrogen and oxygen atoms in total. The molecule has 1 aliphatic heterocycles. The van der Waals surface area contributed by atoms with Crippen LogP contribution < -0.4 is 5.32 Å². The van der Waals surface area contributed by atoms with E-state index in [1.165, 1.54) is 6.92 Å². The zero-order valence-corrected chi connectivity index (χ0v) is 27.3. The number of carbonyl (C=O) groups is 3. The third-order valence-corrected chi connectivity index (χ3v) is 8.66. The normalized spacial score (nSPS) is 17.5. The van der Waals surface area contributed by atoms with Crippen LogP contribution in [0.25, 0.3) is 11.6 Å². The maximum atomic E-state index is 13.7. The molecule has 2 atom stereocenters. The van der Waals surface area contributed by atoms with E-state index in [0.29, 0.717) is 18.1 Å². The van der Waals surface area contributed by atoms with Gasteiger partial charge < -0.3 is 24.3 Å². The Morgan fingerprint density at radius 3 is 2.51 bits per heavy atom. The number of esters is 1. The fourth-order valence-corrected chi connectivity index (χ4v) is 6.50. The Morgan fingerprint density at radius 2 is 1.87 bits per heavy atom. The first-order valence-corrected chi connectivity index (χ1v) is 15.6. The molecule has 0 saturated carbocycles. The number of ether oxygens (including phenoxy) is 2. The number of hydrogen-bond donors (Lipinski definition) is 1. The van der Waals surface area contributed by atoms with Crippen LogP contribution in [0.2, 0.25) is 5.02 Å². The first kappa shape index (κ1) is 32.2. The van der Waals surface area contributed by atoms with Gasteiger partial charge in [-0.2, -0.15) is 0 Å². The molecule has 1 aromatic carbocycles. The zero-order chi connectivity index (χ0) is 32.5. The first-order valence-electron chi connectivity index (χ1n) is 15.2. The van der Waals surface area contributed by atoms with Gasteiger partial charge in [-0.05, 0) is 93.0 Å². The van der Waals surface area contributed by atoms with Crippen molar-refractivity contribution in [3.8, 4) is 0 Å². The SMILES string of the molecule is CC(=O)OC(C)(C)C(=O)N[C@H](C1=Cc2cccnc2[C@@H](C2CCN(C(=O)OC(C)C)CC2)c2ccc(Cl)cc21)c1cncn1C. The number of nitrogens with one attached hydrogen (secondary N) is 1. The molecule has 3 heterocycles. The van der Waals surface area contributed by atoms with Gasteiger partial charge in [-0.15, -0.1) is 0 Å². The second-order valence-electron chi connectivity index (χ2n) is 12.5. The zero-order valence-electron chi connectivity index (χ0n) is 26.5. The Bertz CT molecular complexity index is 1620. The van der Waals surface area contributed by atoms with Crippen LogP contribution in [0.4, 0.5) is 4.79 Å². The highest BCUT2D eigenvalue weighted by molar-refractivity contribution is 6.30. The average molecular weight is 634 g/mol. The molecule has 2 aliphatic rings. The highest BCUT2D eigenvalue weighted by Gasteiger charge is 2.39. The minimum Gasteiger partial charge on any atom is -0.450 e. The van der Waals surface area contributed by atoms with E-state index in [-0.39, 0.29) is 24.0 Å². The molecular weight excluding hydrogens is 594 g/mol. The van der Waals surface area contributed by atoms with Crippen LogP contribution in [0, 0.1) is 5.92 Å². The van der Waals surface area contributed by atoms with Gasteiger partial charge in [0.1, 0.15) is 0 Å². The van der Waals surface area contributed by atoms with Gasteiger partial charge >= 0.3 is 12.1 Å².